The first kappa shape index (κ1) is 23.0. The molecule has 33 heavy (non-hydrogen) atoms. The van der Waals surface area contributed by atoms with Crippen LogP contribution in [0.15, 0.2) is 65.6 Å². The van der Waals surface area contributed by atoms with Gasteiger partial charge >= 0.3 is 6.18 Å². The molecular formula is C22H21F3N4O3S. The number of aromatic nitrogens is 2. The molecule has 0 unspecified atom stereocenters. The molecule has 0 amide bonds. The summed E-state index contributed by atoms with van der Waals surface area (Å²) in [4.78, 5) is 10.5. The number of halogens is 3. The summed E-state index contributed by atoms with van der Waals surface area (Å²) in [6.45, 7) is 2.80. The number of hydrogen-bond acceptors (Lipinski definition) is 6. The first-order valence-electron chi connectivity index (χ1n) is 10.1. The highest BCUT2D eigenvalue weighted by atomic mass is 32.2. The summed E-state index contributed by atoms with van der Waals surface area (Å²) in [6.07, 6.45) is -4.52. The number of alkyl halides is 3. The number of hydrogen-bond donors (Lipinski definition) is 0. The van der Waals surface area contributed by atoms with E-state index >= 15 is 0 Å². The van der Waals surface area contributed by atoms with Crippen LogP contribution in [0.25, 0.3) is 0 Å². The second kappa shape index (κ2) is 8.99. The van der Waals surface area contributed by atoms with Crippen molar-refractivity contribution in [3.63, 3.8) is 0 Å². The average molecular weight is 478 g/mol. The van der Waals surface area contributed by atoms with E-state index in [-0.39, 0.29) is 18.0 Å². The maximum atomic E-state index is 12.9. The Bertz CT molecular complexity index is 1210. The summed E-state index contributed by atoms with van der Waals surface area (Å²) in [6, 6.07) is 14.4. The lowest BCUT2D eigenvalue weighted by atomic mass is 10.2. The number of anilines is 1. The number of rotatable bonds is 5. The van der Waals surface area contributed by atoms with E-state index in [4.69, 9.17) is 4.74 Å². The van der Waals surface area contributed by atoms with Crippen LogP contribution in [-0.4, -0.2) is 48.9 Å². The van der Waals surface area contributed by atoms with E-state index in [2.05, 4.69) is 9.97 Å². The fourth-order valence-electron chi connectivity index (χ4n) is 3.47. The number of aryl methyl sites for hydroxylation is 1. The monoisotopic (exact) mass is 478 g/mol. The second-order valence-electron chi connectivity index (χ2n) is 7.44. The normalized spacial score (nSPS) is 15.5. The van der Waals surface area contributed by atoms with Crippen molar-refractivity contribution in [3.8, 4) is 11.6 Å². The lowest BCUT2D eigenvalue weighted by Gasteiger charge is -2.34. The van der Waals surface area contributed by atoms with E-state index in [0.29, 0.717) is 36.4 Å². The summed E-state index contributed by atoms with van der Waals surface area (Å²) < 4.78 is 71.1. The van der Waals surface area contributed by atoms with Gasteiger partial charge in [0.25, 0.3) is 0 Å². The molecule has 1 aliphatic heterocycles. The maximum absolute atomic E-state index is 12.9. The first-order chi connectivity index (χ1) is 15.6. The Kier molecular flexibility index (Phi) is 6.26. The Labute approximate surface area is 189 Å². The van der Waals surface area contributed by atoms with Gasteiger partial charge in [0.1, 0.15) is 17.4 Å². The van der Waals surface area contributed by atoms with Crippen molar-refractivity contribution in [1.82, 2.24) is 14.3 Å². The summed E-state index contributed by atoms with van der Waals surface area (Å²) in [7, 11) is -3.91. The van der Waals surface area contributed by atoms with Gasteiger partial charge in [-0.1, -0.05) is 18.2 Å². The van der Waals surface area contributed by atoms with E-state index in [1.54, 1.807) is 13.0 Å². The first-order valence-corrected chi connectivity index (χ1v) is 11.6. The Balaban J connectivity index is 1.45. The second-order valence-corrected chi connectivity index (χ2v) is 9.38. The number of benzene rings is 2. The van der Waals surface area contributed by atoms with Crippen LogP contribution in [0.1, 0.15) is 11.4 Å². The molecule has 3 aromatic rings. The highest BCUT2D eigenvalue weighted by molar-refractivity contribution is 7.89. The van der Waals surface area contributed by atoms with Crippen molar-refractivity contribution >= 4 is 15.8 Å². The molecule has 7 nitrogen and oxygen atoms in total. The maximum Gasteiger partial charge on any atom is 0.416 e. The van der Waals surface area contributed by atoms with E-state index in [0.717, 1.165) is 24.3 Å². The van der Waals surface area contributed by atoms with Gasteiger partial charge in [-0.2, -0.15) is 22.5 Å². The predicted octanol–water partition coefficient (Wildman–Crippen LogP) is 4.11. The number of nitrogens with zero attached hydrogens (tertiary/aromatic N) is 4. The molecule has 0 aliphatic carbocycles. The highest BCUT2D eigenvalue weighted by Gasteiger charge is 2.33. The zero-order valence-corrected chi connectivity index (χ0v) is 18.5. The molecule has 4 rings (SSSR count). The topological polar surface area (TPSA) is 75.6 Å². The van der Waals surface area contributed by atoms with Crippen molar-refractivity contribution in [2.75, 3.05) is 31.1 Å². The molecule has 1 fully saturated rings. The van der Waals surface area contributed by atoms with E-state index in [9.17, 15) is 21.6 Å². The largest absolute Gasteiger partial charge is 0.439 e. The van der Waals surface area contributed by atoms with E-state index in [1.165, 1.54) is 4.31 Å². The molecule has 2 aromatic carbocycles. The standard InChI is InChI=1S/C22H21F3N4O3S/c1-16-26-20(15-21(27-16)32-18-5-3-2-4-6-18)28-11-13-29(14-12-28)33(30,31)19-9-7-17(8-10-19)22(23,24)25/h2-10,15H,11-14H2,1H3. The fraction of sp³-hybridized carbons (Fsp3) is 0.273. The van der Waals surface area contributed by atoms with Crippen LogP contribution >= 0.6 is 0 Å². The Morgan fingerprint density at radius 3 is 2.15 bits per heavy atom. The summed E-state index contributed by atoms with van der Waals surface area (Å²) >= 11 is 0. The van der Waals surface area contributed by atoms with E-state index < -0.39 is 21.8 Å². The van der Waals surface area contributed by atoms with Crippen molar-refractivity contribution < 1.29 is 26.3 Å². The van der Waals surface area contributed by atoms with Crippen molar-refractivity contribution in [1.29, 1.82) is 0 Å². The molecule has 11 heteroatoms. The molecule has 0 radical (unpaired) electrons. The van der Waals surface area contributed by atoms with Gasteiger partial charge in [0.2, 0.25) is 15.9 Å². The summed E-state index contributed by atoms with van der Waals surface area (Å²) in [5.74, 6) is 2.13. The molecule has 0 N–H and O–H groups in total. The van der Waals surface area contributed by atoms with Gasteiger partial charge in [0, 0.05) is 32.2 Å². The van der Waals surface area contributed by atoms with Crippen LogP contribution in [0, 0.1) is 6.92 Å². The van der Waals surface area contributed by atoms with Gasteiger partial charge < -0.3 is 9.64 Å². The molecule has 1 saturated heterocycles. The molecule has 1 aromatic heterocycles. The minimum atomic E-state index is -4.52. The number of ether oxygens (including phenoxy) is 1. The van der Waals surface area contributed by atoms with Gasteiger partial charge in [-0.05, 0) is 43.3 Å². The quantitative estimate of drug-likeness (QED) is 0.550. The van der Waals surface area contributed by atoms with E-state index in [1.807, 2.05) is 35.2 Å². The Hall–Kier alpha value is -3.18. The molecular weight excluding hydrogens is 457 g/mol. The van der Waals surface area contributed by atoms with Crippen LogP contribution in [0.2, 0.25) is 0 Å². The highest BCUT2D eigenvalue weighted by Crippen LogP contribution is 2.30. The summed E-state index contributed by atoms with van der Waals surface area (Å²) in [5.41, 5.74) is -0.890. The Morgan fingerprint density at radius 2 is 1.55 bits per heavy atom. The smallest absolute Gasteiger partial charge is 0.416 e. The third kappa shape index (κ3) is 5.25. The average Bonchev–Trinajstić information content (AvgIpc) is 2.79. The third-order valence-corrected chi connectivity index (χ3v) is 7.06. The van der Waals surface area contributed by atoms with Gasteiger partial charge in [-0.25, -0.2) is 13.4 Å². The van der Waals surface area contributed by atoms with Crippen LogP contribution in [0.3, 0.4) is 0 Å². The van der Waals surface area contributed by atoms with Crippen LogP contribution in [-0.2, 0) is 16.2 Å². The molecule has 2 heterocycles. The van der Waals surface area contributed by atoms with Crippen molar-refractivity contribution in [2.45, 2.75) is 18.0 Å². The van der Waals surface area contributed by atoms with Gasteiger partial charge in [-0.15, -0.1) is 0 Å². The zero-order valence-electron chi connectivity index (χ0n) is 17.7. The predicted molar refractivity (Wildman–Crippen MR) is 116 cm³/mol. The minimum absolute atomic E-state index is 0.166. The molecule has 0 atom stereocenters. The number of piperazine rings is 1. The van der Waals surface area contributed by atoms with Crippen LogP contribution < -0.4 is 9.64 Å². The molecule has 0 saturated carbocycles. The Morgan fingerprint density at radius 1 is 0.909 bits per heavy atom. The van der Waals surface area contributed by atoms with Crippen molar-refractivity contribution in [2.24, 2.45) is 0 Å². The van der Waals surface area contributed by atoms with Gasteiger partial charge in [0.15, 0.2) is 0 Å². The molecule has 1 aliphatic rings. The van der Waals surface area contributed by atoms with Gasteiger partial charge in [-0.3, -0.25) is 0 Å². The SMILES string of the molecule is Cc1nc(Oc2ccccc2)cc(N2CCN(S(=O)(=O)c3ccc(C(F)(F)F)cc3)CC2)n1. The molecule has 0 bridgehead atoms. The molecule has 0 spiro atoms. The summed E-state index contributed by atoms with van der Waals surface area (Å²) in [5, 5.41) is 0. The van der Waals surface area contributed by atoms with Gasteiger partial charge in [0.05, 0.1) is 10.5 Å². The van der Waals surface area contributed by atoms with Crippen molar-refractivity contribution in [3.05, 3.63) is 72.1 Å². The minimum Gasteiger partial charge on any atom is -0.439 e. The fourth-order valence-corrected chi connectivity index (χ4v) is 4.89. The lowest BCUT2D eigenvalue weighted by Crippen LogP contribution is -2.49. The number of sulfonamides is 1. The lowest BCUT2D eigenvalue weighted by molar-refractivity contribution is -0.137. The number of para-hydroxylation sites is 1. The van der Waals surface area contributed by atoms with Crippen LogP contribution in [0.4, 0.5) is 19.0 Å². The third-order valence-electron chi connectivity index (χ3n) is 5.15. The zero-order chi connectivity index (χ0) is 23.6. The van der Waals surface area contributed by atoms with Crippen LogP contribution in [0.5, 0.6) is 11.6 Å². The molecule has 174 valence electrons.